The molecule has 1 unspecified atom stereocenters. The molecule has 1 N–H and O–H groups in total. The van der Waals surface area contributed by atoms with Gasteiger partial charge >= 0.3 is 23.9 Å². The average molecular weight is 374 g/mol. The first kappa shape index (κ1) is 21.9. The van der Waals surface area contributed by atoms with E-state index < -0.39 is 54.2 Å². The van der Waals surface area contributed by atoms with Gasteiger partial charge in [-0.15, -0.1) is 0 Å². The van der Waals surface area contributed by atoms with Gasteiger partial charge in [0.2, 0.25) is 0 Å². The van der Waals surface area contributed by atoms with Crippen LogP contribution in [0.5, 0.6) is 0 Å². The fraction of sp³-hybridized carbons (Fsp3) is 0.765. The number of rotatable bonds is 8. The molecule has 0 saturated carbocycles. The molecule has 1 rings (SSSR count). The summed E-state index contributed by atoms with van der Waals surface area (Å²) in [6.45, 7) is 5.98. The number of aliphatic carboxylic acids is 1. The molecular formula is C17H26O9. The monoisotopic (exact) mass is 374 g/mol. The van der Waals surface area contributed by atoms with Gasteiger partial charge in [-0.2, -0.15) is 0 Å². The Kier molecular flexibility index (Phi) is 8.50. The van der Waals surface area contributed by atoms with Gasteiger partial charge in [0.15, 0.2) is 18.3 Å². The van der Waals surface area contributed by atoms with Gasteiger partial charge in [-0.25, -0.2) is 0 Å². The molecule has 5 atom stereocenters. The summed E-state index contributed by atoms with van der Waals surface area (Å²) in [5, 5.41) is 9.29. The van der Waals surface area contributed by atoms with E-state index >= 15 is 0 Å². The lowest BCUT2D eigenvalue weighted by Gasteiger charge is -2.42. The number of carbonyl (C=O) groups excluding carboxylic acids is 3. The lowest BCUT2D eigenvalue weighted by Crippen LogP contribution is -2.60. The minimum Gasteiger partial charge on any atom is -0.481 e. The highest BCUT2D eigenvalue weighted by Crippen LogP contribution is 2.29. The molecule has 0 aliphatic carbocycles. The highest BCUT2D eigenvalue weighted by molar-refractivity contribution is 5.72. The van der Waals surface area contributed by atoms with E-state index in [4.69, 9.17) is 18.9 Å². The van der Waals surface area contributed by atoms with Crippen LogP contribution in [0, 0.1) is 5.92 Å². The van der Waals surface area contributed by atoms with Crippen LogP contribution in [0.15, 0.2) is 0 Å². The largest absolute Gasteiger partial charge is 0.481 e. The van der Waals surface area contributed by atoms with E-state index in [1.54, 1.807) is 20.8 Å². The number of hydrogen-bond donors (Lipinski definition) is 1. The number of esters is 3. The van der Waals surface area contributed by atoms with E-state index in [1.807, 2.05) is 0 Å². The lowest BCUT2D eigenvalue weighted by molar-refractivity contribution is -0.234. The van der Waals surface area contributed by atoms with Crippen LogP contribution in [0.2, 0.25) is 0 Å². The van der Waals surface area contributed by atoms with E-state index in [2.05, 4.69) is 0 Å². The smallest absolute Gasteiger partial charge is 0.309 e. The Morgan fingerprint density at radius 3 is 1.85 bits per heavy atom. The molecule has 1 aliphatic rings. The Hall–Kier alpha value is -2.16. The van der Waals surface area contributed by atoms with Crippen LogP contribution in [-0.2, 0) is 38.1 Å². The van der Waals surface area contributed by atoms with E-state index in [0.717, 1.165) is 0 Å². The molecule has 9 heteroatoms. The van der Waals surface area contributed by atoms with Gasteiger partial charge in [0.05, 0.1) is 12.5 Å². The summed E-state index contributed by atoms with van der Waals surface area (Å²) in [4.78, 5) is 46.7. The molecule has 9 nitrogen and oxygen atoms in total. The molecule has 1 fully saturated rings. The van der Waals surface area contributed by atoms with E-state index in [0.29, 0.717) is 0 Å². The van der Waals surface area contributed by atoms with Crippen LogP contribution in [0.25, 0.3) is 0 Å². The van der Waals surface area contributed by atoms with Gasteiger partial charge in [-0.05, 0) is 6.92 Å². The summed E-state index contributed by atoms with van der Waals surface area (Å²) >= 11 is 0. The molecule has 0 aromatic heterocycles. The maximum atomic E-state index is 11.8. The van der Waals surface area contributed by atoms with Crippen LogP contribution in [0.4, 0.5) is 0 Å². The third-order valence-electron chi connectivity index (χ3n) is 4.03. The first-order valence-electron chi connectivity index (χ1n) is 8.67. The lowest BCUT2D eigenvalue weighted by atomic mass is 9.91. The minimum absolute atomic E-state index is 0.0402. The minimum atomic E-state index is -1.20. The van der Waals surface area contributed by atoms with Crippen molar-refractivity contribution in [1.29, 1.82) is 0 Å². The first-order chi connectivity index (χ1) is 12.2. The summed E-state index contributed by atoms with van der Waals surface area (Å²) in [5.74, 6) is -3.93. The normalized spacial score (nSPS) is 26.5. The highest BCUT2D eigenvalue weighted by atomic mass is 16.6. The summed E-state index contributed by atoms with van der Waals surface area (Å²) in [5.41, 5.74) is 0. The average Bonchev–Trinajstić information content (AvgIpc) is 2.62. The van der Waals surface area contributed by atoms with Crippen molar-refractivity contribution < 1.29 is 43.2 Å². The number of carboxylic acids is 1. The second-order valence-electron chi connectivity index (χ2n) is 5.92. The molecule has 1 saturated heterocycles. The van der Waals surface area contributed by atoms with Crippen LogP contribution in [0.1, 0.15) is 47.0 Å². The Labute approximate surface area is 151 Å². The van der Waals surface area contributed by atoms with Gasteiger partial charge < -0.3 is 24.1 Å². The summed E-state index contributed by atoms with van der Waals surface area (Å²) in [7, 11) is 0. The number of ether oxygens (including phenoxy) is 4. The number of carbonyl (C=O) groups is 4. The molecule has 0 amide bonds. The number of carboxylic acid groups (broad SMARTS) is 1. The highest BCUT2D eigenvalue weighted by Gasteiger charge is 2.50. The van der Waals surface area contributed by atoms with Crippen molar-refractivity contribution in [3.8, 4) is 0 Å². The van der Waals surface area contributed by atoms with Crippen LogP contribution >= 0.6 is 0 Å². The van der Waals surface area contributed by atoms with Crippen molar-refractivity contribution >= 4 is 23.9 Å². The fourth-order valence-corrected chi connectivity index (χ4v) is 2.46. The molecular weight excluding hydrogens is 348 g/mol. The van der Waals surface area contributed by atoms with Crippen LogP contribution in [-0.4, -0.2) is 60.0 Å². The molecule has 148 valence electrons. The molecule has 26 heavy (non-hydrogen) atoms. The Morgan fingerprint density at radius 2 is 1.38 bits per heavy atom. The van der Waals surface area contributed by atoms with Crippen molar-refractivity contribution in [3.63, 3.8) is 0 Å². The van der Waals surface area contributed by atoms with Crippen molar-refractivity contribution in [2.45, 2.75) is 71.4 Å². The zero-order valence-corrected chi connectivity index (χ0v) is 15.4. The summed E-state index contributed by atoms with van der Waals surface area (Å²) in [6, 6.07) is 0. The Bertz CT molecular complexity index is 530. The summed E-state index contributed by atoms with van der Waals surface area (Å²) < 4.78 is 21.5. The third-order valence-corrected chi connectivity index (χ3v) is 4.03. The molecule has 0 radical (unpaired) electrons. The van der Waals surface area contributed by atoms with Gasteiger partial charge in [0.1, 0.15) is 6.10 Å². The predicted octanol–water partition coefficient (Wildman–Crippen LogP) is 1.07. The maximum absolute atomic E-state index is 11.8. The molecule has 1 heterocycles. The number of hydrogen-bond acceptors (Lipinski definition) is 8. The maximum Gasteiger partial charge on any atom is 0.309 e. The van der Waals surface area contributed by atoms with Crippen molar-refractivity contribution in [2.75, 3.05) is 6.61 Å². The second-order valence-corrected chi connectivity index (χ2v) is 5.92. The summed E-state index contributed by atoms with van der Waals surface area (Å²) in [6.07, 6.45) is -4.20. The van der Waals surface area contributed by atoms with Gasteiger partial charge in [0, 0.05) is 19.3 Å². The van der Waals surface area contributed by atoms with Crippen molar-refractivity contribution in [1.82, 2.24) is 0 Å². The SMILES string of the molecule is CCC(=O)O[C@@H]1[C@H](OC(=O)CC)[C@H](C(C)C(=O)O)OC[C@@H]1OC(=O)CC. The molecule has 0 aromatic carbocycles. The Balaban J connectivity index is 3.19. The topological polar surface area (TPSA) is 125 Å². The Morgan fingerprint density at radius 1 is 0.923 bits per heavy atom. The van der Waals surface area contributed by atoms with Gasteiger partial charge in [-0.1, -0.05) is 20.8 Å². The third kappa shape index (κ3) is 5.69. The van der Waals surface area contributed by atoms with Gasteiger partial charge in [-0.3, -0.25) is 19.2 Å². The molecule has 0 bridgehead atoms. The zero-order valence-electron chi connectivity index (χ0n) is 15.4. The van der Waals surface area contributed by atoms with Crippen LogP contribution in [0.3, 0.4) is 0 Å². The van der Waals surface area contributed by atoms with Crippen molar-refractivity contribution in [2.24, 2.45) is 5.92 Å². The molecule has 1 aliphatic heterocycles. The standard InChI is InChI=1S/C17H26O9/c1-5-11(18)24-10-8-23-14(9(4)17(21)22)16(26-13(20)7-3)15(10)25-12(19)6-2/h9-10,14-16H,5-8H2,1-4H3,(H,21,22)/t9?,10-,14-,15-,16+/m0/s1. The molecule has 0 aromatic rings. The van der Waals surface area contributed by atoms with Gasteiger partial charge in [0.25, 0.3) is 0 Å². The zero-order chi connectivity index (χ0) is 19.9. The second kappa shape index (κ2) is 10.1. The molecule has 0 spiro atoms. The predicted molar refractivity (Wildman–Crippen MR) is 87.1 cm³/mol. The van der Waals surface area contributed by atoms with Crippen molar-refractivity contribution in [3.05, 3.63) is 0 Å². The first-order valence-corrected chi connectivity index (χ1v) is 8.67. The van der Waals surface area contributed by atoms with E-state index in [-0.39, 0.29) is 25.9 Å². The fourth-order valence-electron chi connectivity index (χ4n) is 2.46. The van der Waals surface area contributed by atoms with Crippen LogP contribution < -0.4 is 0 Å². The van der Waals surface area contributed by atoms with E-state index in [9.17, 15) is 24.3 Å². The van der Waals surface area contributed by atoms with E-state index in [1.165, 1.54) is 6.92 Å². The quantitative estimate of drug-likeness (QED) is 0.490.